The Kier molecular flexibility index (Phi) is 10.3. The molecule has 2 aliphatic carbocycles. The maximum Gasteiger partial charge on any atom is 0.200 e. The summed E-state index contributed by atoms with van der Waals surface area (Å²) in [5.74, 6) is -6.63. The van der Waals surface area contributed by atoms with Crippen molar-refractivity contribution in [2.75, 3.05) is 19.8 Å². The largest absolute Gasteiger partial charge is 0.491 e. The van der Waals surface area contributed by atoms with Crippen molar-refractivity contribution >= 4 is 0 Å². The Labute approximate surface area is 254 Å². The Bertz CT molecular complexity index is 1450. The van der Waals surface area contributed by atoms with Crippen LogP contribution in [-0.4, -0.2) is 19.8 Å². The lowest BCUT2D eigenvalue weighted by molar-refractivity contribution is 0.191. The molecule has 0 heterocycles. The van der Waals surface area contributed by atoms with Crippen LogP contribution in [0.1, 0.15) is 99.7 Å². The Morgan fingerprint density at radius 3 is 1.11 bits per heavy atom. The maximum absolute atomic E-state index is 15.2. The van der Waals surface area contributed by atoms with Crippen LogP contribution in [0.15, 0.2) is 36.4 Å². The second kappa shape index (κ2) is 14.2. The van der Waals surface area contributed by atoms with Gasteiger partial charge in [-0.1, -0.05) is 18.2 Å². The van der Waals surface area contributed by atoms with Crippen molar-refractivity contribution in [3.63, 3.8) is 0 Å². The summed E-state index contributed by atoms with van der Waals surface area (Å²) in [6.45, 7) is 4.06. The van der Waals surface area contributed by atoms with Gasteiger partial charge in [0.05, 0.1) is 19.8 Å². The molecule has 44 heavy (non-hydrogen) atoms. The molecule has 3 aromatic carbocycles. The van der Waals surface area contributed by atoms with Crippen LogP contribution in [0.3, 0.4) is 0 Å². The lowest BCUT2D eigenvalue weighted by Crippen LogP contribution is -2.20. The fourth-order valence-electron chi connectivity index (χ4n) is 6.79. The van der Waals surface area contributed by atoms with E-state index < -0.39 is 34.9 Å². The third-order valence-corrected chi connectivity index (χ3v) is 9.20. The summed E-state index contributed by atoms with van der Waals surface area (Å²) in [5, 5.41) is 0. The monoisotopic (exact) mass is 620 g/mol. The van der Waals surface area contributed by atoms with Gasteiger partial charge in [-0.05, 0) is 124 Å². The van der Waals surface area contributed by atoms with E-state index in [1.54, 1.807) is 32.0 Å². The SMILES string of the molecule is CCOc1ccc(C2CCC(COc3ccc(C4CCC(c5ccc(OCC)c(F)c5F)CC4)c(F)c3F)CC2)c(F)c1F. The zero-order valence-corrected chi connectivity index (χ0v) is 25.0. The molecule has 0 N–H and O–H groups in total. The van der Waals surface area contributed by atoms with Gasteiger partial charge in [0.1, 0.15) is 0 Å². The Morgan fingerprint density at radius 2 is 0.773 bits per heavy atom. The van der Waals surface area contributed by atoms with E-state index in [4.69, 9.17) is 14.2 Å². The number of halogens is 6. The van der Waals surface area contributed by atoms with E-state index in [2.05, 4.69) is 0 Å². The fraction of sp³-hybridized carbons (Fsp3) is 0.486. The highest BCUT2D eigenvalue weighted by molar-refractivity contribution is 5.36. The van der Waals surface area contributed by atoms with Crippen LogP contribution in [0.25, 0.3) is 0 Å². The first-order valence-electron chi connectivity index (χ1n) is 15.5. The van der Waals surface area contributed by atoms with Gasteiger partial charge in [0.2, 0.25) is 17.5 Å². The zero-order valence-electron chi connectivity index (χ0n) is 25.0. The Balaban J connectivity index is 1.14. The maximum atomic E-state index is 15.2. The van der Waals surface area contributed by atoms with Crippen LogP contribution in [0.2, 0.25) is 0 Å². The van der Waals surface area contributed by atoms with Crippen molar-refractivity contribution in [2.45, 2.75) is 83.0 Å². The predicted molar refractivity (Wildman–Crippen MR) is 156 cm³/mol. The summed E-state index contributed by atoms with van der Waals surface area (Å²) >= 11 is 0. The smallest absolute Gasteiger partial charge is 0.200 e. The van der Waals surface area contributed by atoms with Crippen molar-refractivity contribution in [1.82, 2.24) is 0 Å². The first-order valence-corrected chi connectivity index (χ1v) is 15.5. The third-order valence-electron chi connectivity index (χ3n) is 9.20. The van der Waals surface area contributed by atoms with Gasteiger partial charge in [0.25, 0.3) is 0 Å². The predicted octanol–water partition coefficient (Wildman–Crippen LogP) is 10.1. The lowest BCUT2D eigenvalue weighted by Gasteiger charge is -2.30. The van der Waals surface area contributed by atoms with Gasteiger partial charge < -0.3 is 14.2 Å². The van der Waals surface area contributed by atoms with E-state index in [0.29, 0.717) is 56.9 Å². The zero-order chi connectivity index (χ0) is 31.4. The average molecular weight is 621 g/mol. The molecule has 238 valence electrons. The lowest BCUT2D eigenvalue weighted by atomic mass is 9.76. The second-order valence-corrected chi connectivity index (χ2v) is 11.8. The first-order chi connectivity index (χ1) is 21.2. The van der Waals surface area contributed by atoms with Crippen LogP contribution in [0, 0.1) is 40.8 Å². The molecule has 0 spiro atoms. The molecule has 0 saturated heterocycles. The molecule has 0 bridgehead atoms. The summed E-state index contributed by atoms with van der Waals surface area (Å²) < 4.78 is 104. The van der Waals surface area contributed by atoms with Gasteiger partial charge in [-0.3, -0.25) is 0 Å². The molecule has 0 unspecified atom stereocenters. The molecule has 0 aromatic heterocycles. The number of rotatable bonds is 10. The van der Waals surface area contributed by atoms with E-state index >= 15 is 8.78 Å². The molecule has 0 radical (unpaired) electrons. The minimum atomic E-state index is -1.04. The summed E-state index contributed by atoms with van der Waals surface area (Å²) in [5.41, 5.74) is 0.877. The molecule has 0 amide bonds. The topological polar surface area (TPSA) is 27.7 Å². The highest BCUT2D eigenvalue weighted by Gasteiger charge is 2.31. The third kappa shape index (κ3) is 6.66. The normalized spacial score (nSPS) is 22.1. The van der Waals surface area contributed by atoms with Gasteiger partial charge in [0.15, 0.2) is 34.7 Å². The highest BCUT2D eigenvalue weighted by atomic mass is 19.2. The van der Waals surface area contributed by atoms with E-state index in [0.717, 1.165) is 0 Å². The summed E-state index contributed by atoms with van der Waals surface area (Å²) in [7, 11) is 0. The van der Waals surface area contributed by atoms with Crippen molar-refractivity contribution in [1.29, 1.82) is 0 Å². The molecular weight excluding hydrogens is 582 g/mol. The fourth-order valence-corrected chi connectivity index (χ4v) is 6.79. The Hall–Kier alpha value is -3.36. The average Bonchev–Trinajstić information content (AvgIpc) is 3.03. The summed E-state index contributed by atoms with van der Waals surface area (Å²) in [6, 6.07) is 9.02. The molecule has 5 rings (SSSR count). The highest BCUT2D eigenvalue weighted by Crippen LogP contribution is 2.44. The van der Waals surface area contributed by atoms with Crippen LogP contribution in [0.4, 0.5) is 26.3 Å². The number of benzene rings is 3. The molecule has 2 fully saturated rings. The van der Waals surface area contributed by atoms with Crippen molar-refractivity contribution in [3.05, 3.63) is 88.0 Å². The first kappa shape index (κ1) is 32.0. The number of hydrogen-bond donors (Lipinski definition) is 0. The molecule has 0 atom stereocenters. The van der Waals surface area contributed by atoms with E-state index in [1.807, 2.05) is 0 Å². The molecule has 2 aliphatic rings. The van der Waals surface area contributed by atoms with E-state index in [1.165, 1.54) is 18.2 Å². The van der Waals surface area contributed by atoms with Gasteiger partial charge in [0, 0.05) is 0 Å². The van der Waals surface area contributed by atoms with Crippen LogP contribution in [-0.2, 0) is 0 Å². The Morgan fingerprint density at radius 1 is 0.455 bits per heavy atom. The molecule has 2 saturated carbocycles. The van der Waals surface area contributed by atoms with E-state index in [-0.39, 0.29) is 71.9 Å². The molecule has 3 aromatic rings. The minimum absolute atomic E-state index is 0.0760. The van der Waals surface area contributed by atoms with Crippen LogP contribution >= 0.6 is 0 Å². The van der Waals surface area contributed by atoms with Crippen LogP contribution < -0.4 is 14.2 Å². The molecule has 9 heteroatoms. The minimum Gasteiger partial charge on any atom is -0.491 e. The summed E-state index contributed by atoms with van der Waals surface area (Å²) in [6.07, 6.45) is 4.68. The van der Waals surface area contributed by atoms with Crippen molar-refractivity contribution in [2.24, 2.45) is 5.92 Å². The van der Waals surface area contributed by atoms with Gasteiger partial charge in [-0.2, -0.15) is 13.2 Å². The molecule has 0 aliphatic heterocycles. The van der Waals surface area contributed by atoms with Crippen molar-refractivity contribution < 1.29 is 40.6 Å². The van der Waals surface area contributed by atoms with E-state index in [9.17, 15) is 17.6 Å². The molecule has 3 nitrogen and oxygen atoms in total. The van der Waals surface area contributed by atoms with Crippen LogP contribution in [0.5, 0.6) is 17.2 Å². The van der Waals surface area contributed by atoms with Gasteiger partial charge >= 0.3 is 0 Å². The summed E-state index contributed by atoms with van der Waals surface area (Å²) in [4.78, 5) is 0. The second-order valence-electron chi connectivity index (χ2n) is 11.8. The number of hydrogen-bond acceptors (Lipinski definition) is 3. The quantitative estimate of drug-likeness (QED) is 0.211. The van der Waals surface area contributed by atoms with Crippen molar-refractivity contribution in [3.8, 4) is 17.2 Å². The standard InChI is InChI=1S/C35H38F6O3/c1-3-42-27-16-13-24(30(36)33(27)39)21-7-5-20(6-8-21)19-44-29-18-15-26(32(38)35(29)41)23-11-9-22(10-12-23)25-14-17-28(43-4-2)34(40)31(25)37/h13-18,20-23H,3-12,19H2,1-2H3. The molecular formula is C35H38F6O3. The van der Waals surface area contributed by atoms with Gasteiger partial charge in [-0.15, -0.1) is 0 Å². The van der Waals surface area contributed by atoms with Gasteiger partial charge in [-0.25, -0.2) is 13.2 Å². The number of ether oxygens (including phenoxy) is 3.